The van der Waals surface area contributed by atoms with Gasteiger partial charge in [-0.15, -0.1) is 0 Å². The minimum atomic E-state index is 0.113. The van der Waals surface area contributed by atoms with Gasteiger partial charge >= 0.3 is 0 Å². The Balaban J connectivity index is 2.46. The summed E-state index contributed by atoms with van der Waals surface area (Å²) >= 11 is 0. The molecule has 5 nitrogen and oxygen atoms in total. The van der Waals surface area contributed by atoms with Crippen LogP contribution in [0.25, 0.3) is 0 Å². The van der Waals surface area contributed by atoms with E-state index in [1.807, 2.05) is 4.90 Å². The fraction of sp³-hybridized carbons (Fsp3) is 0.933. The van der Waals surface area contributed by atoms with Gasteiger partial charge in [0.2, 0.25) is 5.91 Å². The molecule has 1 aliphatic heterocycles. The first-order valence-corrected chi connectivity index (χ1v) is 8.05. The van der Waals surface area contributed by atoms with Crippen molar-refractivity contribution in [3.63, 3.8) is 0 Å². The lowest BCUT2D eigenvalue weighted by Crippen LogP contribution is -2.46. The summed E-state index contributed by atoms with van der Waals surface area (Å²) in [7, 11) is 0. The predicted molar refractivity (Wildman–Crippen MR) is 81.7 cm³/mol. The van der Waals surface area contributed by atoms with Crippen LogP contribution in [0.2, 0.25) is 0 Å². The highest BCUT2D eigenvalue weighted by molar-refractivity contribution is 5.78. The van der Waals surface area contributed by atoms with Gasteiger partial charge in [0.05, 0.1) is 13.2 Å². The summed E-state index contributed by atoms with van der Waals surface area (Å²) in [4.78, 5) is 16.4. The summed E-state index contributed by atoms with van der Waals surface area (Å²) in [5.74, 6) is 0.195. The van der Waals surface area contributed by atoms with E-state index < -0.39 is 0 Å². The van der Waals surface area contributed by atoms with Gasteiger partial charge in [-0.05, 0) is 32.2 Å². The molecule has 0 bridgehead atoms. The third-order valence-corrected chi connectivity index (χ3v) is 3.76. The Kier molecular flexibility index (Phi) is 8.82. The molecule has 0 aromatic rings. The smallest absolute Gasteiger partial charge is 0.236 e. The average Bonchev–Trinajstić information content (AvgIpc) is 2.91. The first-order valence-electron chi connectivity index (χ1n) is 8.05. The monoisotopic (exact) mass is 285 g/mol. The minimum Gasteiger partial charge on any atom is -0.395 e. The zero-order valence-electron chi connectivity index (χ0n) is 13.1. The van der Waals surface area contributed by atoms with Crippen molar-refractivity contribution in [1.82, 2.24) is 15.1 Å². The van der Waals surface area contributed by atoms with Crippen molar-refractivity contribution in [3.8, 4) is 0 Å². The summed E-state index contributed by atoms with van der Waals surface area (Å²) in [6.45, 7) is 8.93. The number of nitrogens with zero attached hydrogens (tertiary/aromatic N) is 2. The molecule has 5 heteroatoms. The molecule has 118 valence electrons. The highest BCUT2D eigenvalue weighted by Crippen LogP contribution is 2.07. The van der Waals surface area contributed by atoms with Crippen molar-refractivity contribution in [3.05, 3.63) is 0 Å². The fourth-order valence-electron chi connectivity index (χ4n) is 2.79. The molecule has 0 aliphatic carbocycles. The minimum absolute atomic E-state index is 0.113. The number of amides is 1. The molecule has 2 N–H and O–H groups in total. The lowest BCUT2D eigenvalue weighted by atomic mass is 10.2. The number of aliphatic hydroxyl groups is 1. The van der Waals surface area contributed by atoms with Gasteiger partial charge in [0.15, 0.2) is 0 Å². The molecule has 20 heavy (non-hydrogen) atoms. The van der Waals surface area contributed by atoms with E-state index in [-0.39, 0.29) is 12.5 Å². The molecule has 1 atom stereocenters. The maximum absolute atomic E-state index is 12.4. The quantitative estimate of drug-likeness (QED) is 0.620. The van der Waals surface area contributed by atoms with Crippen molar-refractivity contribution >= 4 is 5.91 Å². The number of carbonyl (C=O) groups is 1. The molecule has 1 saturated heterocycles. The first kappa shape index (κ1) is 17.4. The number of hydrogen-bond acceptors (Lipinski definition) is 4. The number of rotatable bonds is 10. The zero-order valence-corrected chi connectivity index (χ0v) is 13.1. The molecule has 1 fully saturated rings. The van der Waals surface area contributed by atoms with Gasteiger partial charge in [0, 0.05) is 32.2 Å². The van der Waals surface area contributed by atoms with Gasteiger partial charge in [-0.1, -0.05) is 13.8 Å². The molecule has 1 rings (SSSR count). The summed E-state index contributed by atoms with van der Waals surface area (Å²) in [5, 5.41) is 12.6. The van der Waals surface area contributed by atoms with Crippen LogP contribution in [0.5, 0.6) is 0 Å². The number of hydrogen-bond donors (Lipinski definition) is 2. The van der Waals surface area contributed by atoms with Crippen LogP contribution < -0.4 is 5.32 Å². The second kappa shape index (κ2) is 10.1. The molecule has 0 radical (unpaired) electrons. The van der Waals surface area contributed by atoms with Crippen LogP contribution in [0.1, 0.15) is 39.5 Å². The molecule has 1 amide bonds. The molecule has 0 aromatic heterocycles. The fourth-order valence-corrected chi connectivity index (χ4v) is 2.79. The molecule has 1 aliphatic rings. The van der Waals surface area contributed by atoms with Gasteiger partial charge in [-0.3, -0.25) is 9.69 Å². The Morgan fingerprint density at radius 2 is 1.95 bits per heavy atom. The molecule has 0 aromatic carbocycles. The highest BCUT2D eigenvalue weighted by atomic mass is 16.3. The van der Waals surface area contributed by atoms with E-state index in [1.54, 1.807) is 0 Å². The SMILES string of the molecule is CCCN(CCC)C(=O)CN(CCO)CC1CCCN1. The standard InChI is InChI=1S/C15H31N3O2/c1-3-8-18(9-4-2)15(20)13-17(10-11-19)12-14-6-5-7-16-14/h14,16,19H,3-13H2,1-2H3. The molecule has 1 unspecified atom stereocenters. The Bertz CT molecular complexity index is 262. The van der Waals surface area contributed by atoms with E-state index in [1.165, 1.54) is 12.8 Å². The van der Waals surface area contributed by atoms with Crippen LogP contribution in [0.4, 0.5) is 0 Å². The van der Waals surface area contributed by atoms with Crippen molar-refractivity contribution in [1.29, 1.82) is 0 Å². The lowest BCUT2D eigenvalue weighted by Gasteiger charge is -2.28. The van der Waals surface area contributed by atoms with Crippen LogP contribution in [0.3, 0.4) is 0 Å². The van der Waals surface area contributed by atoms with Crippen LogP contribution in [0.15, 0.2) is 0 Å². The summed E-state index contributed by atoms with van der Waals surface area (Å²) in [5.41, 5.74) is 0. The summed E-state index contributed by atoms with van der Waals surface area (Å²) in [6, 6.07) is 0.472. The number of nitrogens with one attached hydrogen (secondary N) is 1. The van der Waals surface area contributed by atoms with Crippen molar-refractivity contribution in [2.75, 3.05) is 45.9 Å². The molecular formula is C15H31N3O2. The molecule has 0 spiro atoms. The Hall–Kier alpha value is -0.650. The second-order valence-corrected chi connectivity index (χ2v) is 5.63. The number of aliphatic hydroxyl groups excluding tert-OH is 1. The van der Waals surface area contributed by atoms with Crippen LogP contribution in [0, 0.1) is 0 Å². The van der Waals surface area contributed by atoms with E-state index in [9.17, 15) is 9.90 Å². The normalized spacial score (nSPS) is 18.7. The maximum Gasteiger partial charge on any atom is 0.236 e. The van der Waals surface area contributed by atoms with E-state index in [2.05, 4.69) is 24.1 Å². The summed E-state index contributed by atoms with van der Waals surface area (Å²) < 4.78 is 0. The maximum atomic E-state index is 12.4. The second-order valence-electron chi connectivity index (χ2n) is 5.63. The zero-order chi connectivity index (χ0) is 14.8. The Morgan fingerprint density at radius 1 is 1.25 bits per heavy atom. The van der Waals surface area contributed by atoms with Crippen molar-refractivity contribution in [2.24, 2.45) is 0 Å². The first-order chi connectivity index (χ1) is 9.71. The third-order valence-electron chi connectivity index (χ3n) is 3.76. The van der Waals surface area contributed by atoms with Gasteiger partial charge in [-0.25, -0.2) is 0 Å². The van der Waals surface area contributed by atoms with Gasteiger partial charge in [0.25, 0.3) is 0 Å². The molecule has 1 heterocycles. The van der Waals surface area contributed by atoms with Gasteiger partial charge in [0.1, 0.15) is 0 Å². The Morgan fingerprint density at radius 3 is 2.45 bits per heavy atom. The van der Waals surface area contributed by atoms with Crippen LogP contribution in [-0.2, 0) is 4.79 Å². The third kappa shape index (κ3) is 6.20. The Labute approximate surface area is 123 Å². The lowest BCUT2D eigenvalue weighted by molar-refractivity contribution is -0.132. The largest absolute Gasteiger partial charge is 0.395 e. The van der Waals surface area contributed by atoms with Gasteiger partial charge in [-0.2, -0.15) is 0 Å². The van der Waals surface area contributed by atoms with Crippen molar-refractivity contribution < 1.29 is 9.90 Å². The molecule has 0 saturated carbocycles. The van der Waals surface area contributed by atoms with E-state index >= 15 is 0 Å². The van der Waals surface area contributed by atoms with E-state index in [0.29, 0.717) is 19.1 Å². The van der Waals surface area contributed by atoms with E-state index in [4.69, 9.17) is 0 Å². The average molecular weight is 285 g/mol. The predicted octanol–water partition coefficient (Wildman–Crippen LogP) is 0.681. The van der Waals surface area contributed by atoms with Gasteiger partial charge < -0.3 is 15.3 Å². The highest BCUT2D eigenvalue weighted by Gasteiger charge is 2.21. The van der Waals surface area contributed by atoms with Crippen LogP contribution >= 0.6 is 0 Å². The number of carbonyl (C=O) groups excluding carboxylic acids is 1. The van der Waals surface area contributed by atoms with E-state index in [0.717, 1.165) is 39.0 Å². The molecular weight excluding hydrogens is 254 g/mol. The topological polar surface area (TPSA) is 55.8 Å². The summed E-state index contributed by atoms with van der Waals surface area (Å²) in [6.07, 6.45) is 4.37. The van der Waals surface area contributed by atoms with Crippen LogP contribution in [-0.4, -0.2) is 72.7 Å². The van der Waals surface area contributed by atoms with Crippen molar-refractivity contribution in [2.45, 2.75) is 45.6 Å².